The van der Waals surface area contributed by atoms with Crippen LogP contribution in [-0.2, 0) is 0 Å². The number of rotatable bonds is 8. The van der Waals surface area contributed by atoms with Gasteiger partial charge in [0.25, 0.3) is 0 Å². The molecule has 0 fully saturated rings. The van der Waals surface area contributed by atoms with Gasteiger partial charge in [0, 0.05) is 41.3 Å². The Labute approximate surface area is 375 Å². The van der Waals surface area contributed by atoms with Gasteiger partial charge in [-0.3, -0.25) is 0 Å². The number of benzene rings is 10. The number of thiophene rings is 2. The smallest absolute Gasteiger partial charge is 0.0640 e. The van der Waals surface area contributed by atoms with Crippen LogP contribution in [-0.4, -0.2) is 0 Å². The van der Waals surface area contributed by atoms with E-state index in [0.717, 1.165) is 17.1 Å². The summed E-state index contributed by atoms with van der Waals surface area (Å²) in [5, 5.41) is 5.05. The van der Waals surface area contributed by atoms with Gasteiger partial charge < -0.3 is 4.90 Å². The van der Waals surface area contributed by atoms with Crippen molar-refractivity contribution in [3.8, 4) is 55.6 Å². The van der Waals surface area contributed by atoms with Crippen molar-refractivity contribution in [3.63, 3.8) is 0 Å². The summed E-state index contributed by atoms with van der Waals surface area (Å²) in [6.07, 6.45) is 0. The van der Waals surface area contributed by atoms with Crippen LogP contribution in [0.2, 0.25) is 0 Å². The number of hydrogen-bond donors (Lipinski definition) is 0. The number of anilines is 3. The SMILES string of the molecule is c1ccc(-c2cc(-c3ccccc3)cc(N(c3cccc4c3sc3cc(-c5ccccc5)ccc34)c3ccc(-c4ccccc4)c4sc5cc(-c6ccccc6)ccc5c34)c2)cc1. The minimum absolute atomic E-state index is 1.11. The number of nitrogens with zero attached hydrogens (tertiary/aromatic N) is 1. The van der Waals surface area contributed by atoms with Gasteiger partial charge in [-0.25, -0.2) is 0 Å². The van der Waals surface area contributed by atoms with E-state index in [1.54, 1.807) is 0 Å². The molecule has 0 N–H and O–H groups in total. The Hall–Kier alpha value is -7.56. The highest BCUT2D eigenvalue weighted by atomic mass is 32.1. The van der Waals surface area contributed by atoms with E-state index in [2.05, 4.69) is 241 Å². The maximum atomic E-state index is 2.56. The second kappa shape index (κ2) is 15.7. The zero-order chi connectivity index (χ0) is 41.7. The molecular formula is C60H39NS2. The lowest BCUT2D eigenvalue weighted by atomic mass is 9.96. The third-order valence-electron chi connectivity index (χ3n) is 12.2. The van der Waals surface area contributed by atoms with E-state index < -0.39 is 0 Å². The Bertz CT molecular complexity index is 3540. The molecule has 0 aliphatic carbocycles. The molecule has 0 aliphatic rings. The maximum Gasteiger partial charge on any atom is 0.0640 e. The molecule has 1 nitrogen and oxygen atoms in total. The van der Waals surface area contributed by atoms with Crippen molar-refractivity contribution in [1.29, 1.82) is 0 Å². The lowest BCUT2D eigenvalue weighted by Gasteiger charge is -2.29. The molecule has 12 rings (SSSR count). The zero-order valence-electron chi connectivity index (χ0n) is 34.3. The van der Waals surface area contributed by atoms with Crippen LogP contribution >= 0.6 is 22.7 Å². The number of fused-ring (bicyclic) bond motifs is 6. The molecule has 0 saturated heterocycles. The minimum Gasteiger partial charge on any atom is -0.308 e. The van der Waals surface area contributed by atoms with Gasteiger partial charge in [-0.1, -0.05) is 194 Å². The Balaban J connectivity index is 1.17. The monoisotopic (exact) mass is 837 g/mol. The van der Waals surface area contributed by atoms with Crippen LogP contribution in [0.1, 0.15) is 0 Å². The molecule has 0 spiro atoms. The molecule has 12 aromatic rings. The first-order valence-electron chi connectivity index (χ1n) is 21.4. The highest BCUT2D eigenvalue weighted by Crippen LogP contribution is 2.52. The van der Waals surface area contributed by atoms with Crippen molar-refractivity contribution < 1.29 is 0 Å². The summed E-state index contributed by atoms with van der Waals surface area (Å²) in [5.74, 6) is 0. The quantitative estimate of drug-likeness (QED) is 0.147. The zero-order valence-corrected chi connectivity index (χ0v) is 35.9. The highest BCUT2D eigenvalue weighted by molar-refractivity contribution is 7.27. The molecule has 2 heterocycles. The Morgan fingerprint density at radius 2 is 0.746 bits per heavy atom. The van der Waals surface area contributed by atoms with E-state index in [-0.39, 0.29) is 0 Å². The first-order valence-corrected chi connectivity index (χ1v) is 23.0. The lowest BCUT2D eigenvalue weighted by molar-refractivity contribution is 1.32. The van der Waals surface area contributed by atoms with Crippen molar-refractivity contribution in [1.82, 2.24) is 0 Å². The van der Waals surface area contributed by atoms with E-state index in [4.69, 9.17) is 0 Å². The van der Waals surface area contributed by atoms with Gasteiger partial charge in [0.2, 0.25) is 0 Å². The van der Waals surface area contributed by atoms with Crippen molar-refractivity contribution in [2.24, 2.45) is 0 Å². The van der Waals surface area contributed by atoms with Crippen molar-refractivity contribution in [2.75, 3.05) is 4.90 Å². The Morgan fingerprint density at radius 1 is 0.270 bits per heavy atom. The van der Waals surface area contributed by atoms with Gasteiger partial charge in [-0.05, 0) is 98.1 Å². The van der Waals surface area contributed by atoms with Gasteiger partial charge in [0.15, 0.2) is 0 Å². The summed E-state index contributed by atoms with van der Waals surface area (Å²) >= 11 is 3.78. The van der Waals surface area contributed by atoms with Crippen molar-refractivity contribution in [2.45, 2.75) is 0 Å². The molecule has 0 atom stereocenters. The second-order valence-electron chi connectivity index (χ2n) is 16.1. The predicted molar refractivity (Wildman–Crippen MR) is 274 cm³/mol. The van der Waals surface area contributed by atoms with E-state index in [9.17, 15) is 0 Å². The summed E-state index contributed by atoms with van der Waals surface area (Å²) in [5.41, 5.74) is 15.5. The van der Waals surface area contributed by atoms with Crippen LogP contribution in [0.4, 0.5) is 17.1 Å². The summed E-state index contributed by atoms with van der Waals surface area (Å²) in [6, 6.07) is 86.7. The number of hydrogen-bond acceptors (Lipinski definition) is 3. The minimum atomic E-state index is 1.11. The van der Waals surface area contributed by atoms with Gasteiger partial charge >= 0.3 is 0 Å². The first kappa shape index (κ1) is 37.2. The predicted octanol–water partition coefficient (Wildman–Crippen LogP) is 18.2. The molecule has 63 heavy (non-hydrogen) atoms. The largest absolute Gasteiger partial charge is 0.308 e. The average molecular weight is 838 g/mol. The second-order valence-corrected chi connectivity index (χ2v) is 18.2. The molecule has 0 saturated carbocycles. The Kier molecular flexibility index (Phi) is 9.29. The molecule has 10 aromatic carbocycles. The topological polar surface area (TPSA) is 3.24 Å². The van der Waals surface area contributed by atoms with Crippen LogP contribution in [0.5, 0.6) is 0 Å². The first-order chi connectivity index (χ1) is 31.2. The third kappa shape index (κ3) is 6.70. The fraction of sp³-hybridized carbons (Fsp3) is 0. The normalized spacial score (nSPS) is 11.5. The molecule has 0 amide bonds. The van der Waals surface area contributed by atoms with Gasteiger partial charge in [-0.2, -0.15) is 0 Å². The van der Waals surface area contributed by atoms with E-state index in [1.807, 2.05) is 22.7 Å². The van der Waals surface area contributed by atoms with Gasteiger partial charge in [0.1, 0.15) is 0 Å². The summed E-state index contributed by atoms with van der Waals surface area (Å²) < 4.78 is 5.09. The molecular weight excluding hydrogens is 799 g/mol. The van der Waals surface area contributed by atoms with E-state index in [0.29, 0.717) is 0 Å². The molecule has 2 aromatic heterocycles. The molecule has 0 bridgehead atoms. The molecule has 3 heteroatoms. The van der Waals surface area contributed by atoms with Crippen LogP contribution in [0.3, 0.4) is 0 Å². The lowest BCUT2D eigenvalue weighted by Crippen LogP contribution is -2.11. The fourth-order valence-electron chi connectivity index (χ4n) is 9.22. The fourth-order valence-corrected chi connectivity index (χ4v) is 11.8. The third-order valence-corrected chi connectivity index (χ3v) is 14.6. The van der Waals surface area contributed by atoms with Crippen LogP contribution in [0.15, 0.2) is 237 Å². The molecule has 0 unspecified atom stereocenters. The summed E-state index contributed by atoms with van der Waals surface area (Å²) in [6.45, 7) is 0. The Morgan fingerprint density at radius 3 is 1.30 bits per heavy atom. The van der Waals surface area contributed by atoms with Gasteiger partial charge in [0.05, 0.1) is 16.1 Å². The summed E-state index contributed by atoms with van der Waals surface area (Å²) in [4.78, 5) is 2.56. The van der Waals surface area contributed by atoms with E-state index in [1.165, 1.54) is 96.0 Å². The van der Waals surface area contributed by atoms with Crippen LogP contribution in [0.25, 0.3) is 96.0 Å². The standard InChI is InChI=1S/C60H39NS2/c1-6-17-40(18-7-1)45-29-31-51-52-27-16-28-55(59(52)62-56(51)38-45)61(49-36-47(42-21-10-3-11-22-42)35-48(37-49)43-23-12-4-13-24-43)54-34-33-50(44-25-14-5-15-26-44)60-58(54)53-32-30-46(39-57(53)63-60)41-19-8-2-9-20-41/h1-39H. The highest BCUT2D eigenvalue weighted by Gasteiger charge is 2.25. The van der Waals surface area contributed by atoms with Crippen LogP contribution in [0, 0.1) is 0 Å². The molecule has 0 aliphatic heterocycles. The van der Waals surface area contributed by atoms with Crippen molar-refractivity contribution in [3.05, 3.63) is 237 Å². The van der Waals surface area contributed by atoms with Crippen molar-refractivity contribution >= 4 is 80.1 Å². The van der Waals surface area contributed by atoms with Gasteiger partial charge in [-0.15, -0.1) is 22.7 Å². The summed E-state index contributed by atoms with van der Waals surface area (Å²) in [7, 11) is 0. The molecule has 0 radical (unpaired) electrons. The maximum absolute atomic E-state index is 2.56. The molecule has 296 valence electrons. The average Bonchev–Trinajstić information content (AvgIpc) is 3.94. The van der Waals surface area contributed by atoms with E-state index >= 15 is 0 Å². The van der Waals surface area contributed by atoms with Crippen LogP contribution < -0.4 is 4.90 Å².